The average Bonchev–Trinajstić information content (AvgIpc) is 2.55. The molecule has 0 spiro atoms. The maximum absolute atomic E-state index is 8.03. The fraction of sp³-hybridized carbons (Fsp3) is 0.667. The quantitative estimate of drug-likeness (QED) is 0.306. The van der Waals surface area contributed by atoms with Crippen LogP contribution in [0.1, 0.15) is 0 Å². The van der Waals surface area contributed by atoms with Gasteiger partial charge < -0.3 is 21.3 Å². The van der Waals surface area contributed by atoms with Crippen LogP contribution < -0.4 is 21.7 Å². The Hall–Kier alpha value is -2.52. The summed E-state index contributed by atoms with van der Waals surface area (Å²) in [5.41, 5.74) is 5.68. The second-order valence-corrected chi connectivity index (χ2v) is 4.33. The van der Waals surface area contributed by atoms with Crippen LogP contribution in [0.3, 0.4) is 0 Å². The molecule has 0 aromatic heterocycles. The van der Waals surface area contributed by atoms with E-state index >= 15 is 0 Å². The van der Waals surface area contributed by atoms with Gasteiger partial charge in [-0.3, -0.25) is 30.6 Å². The minimum atomic E-state index is 0.263. The van der Waals surface area contributed by atoms with E-state index < -0.39 is 0 Å². The Labute approximate surface area is 132 Å². The first kappa shape index (κ1) is 19.5. The molecule has 10 heteroatoms. The van der Waals surface area contributed by atoms with Crippen molar-refractivity contribution in [1.29, 1.82) is 5.41 Å². The van der Waals surface area contributed by atoms with E-state index in [0.717, 1.165) is 0 Å². The van der Waals surface area contributed by atoms with Gasteiger partial charge in [-0.05, 0) is 0 Å². The van der Waals surface area contributed by atoms with Gasteiger partial charge in [0.15, 0.2) is 23.8 Å². The van der Waals surface area contributed by atoms with Crippen molar-refractivity contribution in [3.63, 3.8) is 0 Å². The molecule has 0 saturated carbocycles. The van der Waals surface area contributed by atoms with Crippen molar-refractivity contribution in [3.05, 3.63) is 0 Å². The molecule has 0 heterocycles. The van der Waals surface area contributed by atoms with Gasteiger partial charge in [-0.15, -0.1) is 0 Å². The van der Waals surface area contributed by atoms with E-state index in [2.05, 4.69) is 30.9 Å². The Kier molecular flexibility index (Phi) is 9.07. The van der Waals surface area contributed by atoms with Crippen LogP contribution in [-0.2, 0) is 0 Å². The summed E-state index contributed by atoms with van der Waals surface area (Å²) in [6.07, 6.45) is 0. The van der Waals surface area contributed by atoms with Crippen LogP contribution in [-0.4, -0.2) is 89.0 Å². The van der Waals surface area contributed by atoms with Crippen LogP contribution in [0.15, 0.2) is 15.0 Å². The molecule has 0 fully saturated rings. The lowest BCUT2D eigenvalue weighted by atomic mass is 10.5. The number of nitrogens with one attached hydrogen (secondary N) is 4. The fourth-order valence-electron chi connectivity index (χ4n) is 1.48. The zero-order valence-electron chi connectivity index (χ0n) is 14.2. The third-order valence-corrected chi connectivity index (χ3v) is 2.91. The van der Waals surface area contributed by atoms with E-state index in [1.165, 1.54) is 4.90 Å². The highest BCUT2D eigenvalue weighted by Crippen LogP contribution is 1.91. The Morgan fingerprint density at radius 2 is 1.68 bits per heavy atom. The molecule has 0 aromatic carbocycles. The molecule has 0 amide bonds. The van der Waals surface area contributed by atoms with Crippen molar-refractivity contribution >= 4 is 23.8 Å². The first-order valence-corrected chi connectivity index (χ1v) is 6.79. The zero-order valence-corrected chi connectivity index (χ0v) is 14.2. The number of hydrogen-bond donors (Lipinski definition) is 5. The lowest BCUT2D eigenvalue weighted by Gasteiger charge is -2.27. The van der Waals surface area contributed by atoms with Crippen molar-refractivity contribution < 1.29 is 0 Å². The Balaban J connectivity index is 4.36. The van der Waals surface area contributed by atoms with Crippen LogP contribution in [0.2, 0.25) is 0 Å². The maximum Gasteiger partial charge on any atom is 0.200 e. The van der Waals surface area contributed by atoms with Gasteiger partial charge in [0, 0.05) is 55.4 Å². The summed E-state index contributed by atoms with van der Waals surface area (Å²) < 4.78 is 0. The highest BCUT2D eigenvalue weighted by Gasteiger charge is 2.12. The van der Waals surface area contributed by atoms with Crippen molar-refractivity contribution in [2.45, 2.75) is 0 Å². The summed E-state index contributed by atoms with van der Waals surface area (Å²) in [6.45, 7) is 1.19. The fourth-order valence-corrected chi connectivity index (χ4v) is 1.48. The lowest BCUT2D eigenvalue weighted by Crippen LogP contribution is -2.50. The highest BCUT2D eigenvalue weighted by atomic mass is 15.4. The largest absolute Gasteiger partial charge is 0.369 e. The Morgan fingerprint density at radius 1 is 1.09 bits per heavy atom. The van der Waals surface area contributed by atoms with Gasteiger partial charge in [-0.25, -0.2) is 0 Å². The standard InChI is InChI=1S/C12H28N10/c1-15-9(13)22(6)10(14)21(5)8-7-19-12(18-4)20-11(16-2)17-3/h14H,7-8H2,1-6H3,(H2,13,15)(H3,16,17,18,19,20). The predicted octanol–water partition coefficient (Wildman–Crippen LogP) is -1.90. The molecule has 22 heavy (non-hydrogen) atoms. The van der Waals surface area contributed by atoms with Crippen molar-refractivity contribution in [2.24, 2.45) is 20.7 Å². The van der Waals surface area contributed by atoms with Gasteiger partial charge in [0.1, 0.15) is 0 Å². The zero-order chi connectivity index (χ0) is 17.1. The van der Waals surface area contributed by atoms with Crippen LogP contribution >= 0.6 is 0 Å². The van der Waals surface area contributed by atoms with E-state index in [0.29, 0.717) is 31.0 Å². The molecule has 0 rings (SSSR count). The number of nitrogens with zero attached hydrogens (tertiary/aromatic N) is 5. The molecule has 0 aliphatic rings. The molecule has 0 aliphatic carbocycles. The van der Waals surface area contributed by atoms with E-state index in [9.17, 15) is 0 Å². The van der Waals surface area contributed by atoms with Crippen molar-refractivity contribution in [1.82, 2.24) is 25.8 Å². The lowest BCUT2D eigenvalue weighted by molar-refractivity contribution is 0.447. The van der Waals surface area contributed by atoms with E-state index in [1.54, 1.807) is 40.1 Å². The predicted molar refractivity (Wildman–Crippen MR) is 92.6 cm³/mol. The monoisotopic (exact) mass is 312 g/mol. The number of aliphatic imine (C=N–C) groups is 3. The van der Waals surface area contributed by atoms with Gasteiger partial charge in [0.25, 0.3) is 0 Å². The molecule has 0 bridgehead atoms. The number of guanidine groups is 4. The summed E-state index contributed by atoms with van der Waals surface area (Å²) in [4.78, 5) is 15.2. The summed E-state index contributed by atoms with van der Waals surface area (Å²) >= 11 is 0. The molecule has 126 valence electrons. The normalized spacial score (nSPS) is 12.7. The SMILES string of the molecule is CN=C(NC)NC(=NC)NCCN(C)C(=N)N(C)C(N)=NC. The Morgan fingerprint density at radius 3 is 2.14 bits per heavy atom. The van der Waals surface area contributed by atoms with Gasteiger partial charge in [0.2, 0.25) is 0 Å². The first-order valence-electron chi connectivity index (χ1n) is 6.79. The van der Waals surface area contributed by atoms with Crippen molar-refractivity contribution in [3.8, 4) is 0 Å². The summed E-state index contributed by atoms with van der Waals surface area (Å²) in [5.74, 6) is 1.76. The van der Waals surface area contributed by atoms with Crippen LogP contribution in [0, 0.1) is 5.41 Å². The summed E-state index contributed by atoms with van der Waals surface area (Å²) in [5, 5.41) is 17.1. The molecule has 0 unspecified atom stereocenters. The third kappa shape index (κ3) is 6.29. The molecular formula is C12H28N10. The van der Waals surface area contributed by atoms with Crippen LogP contribution in [0.5, 0.6) is 0 Å². The Bertz CT molecular complexity index is 439. The minimum absolute atomic E-state index is 0.263. The maximum atomic E-state index is 8.03. The number of hydrogen-bond acceptors (Lipinski definition) is 4. The van der Waals surface area contributed by atoms with Gasteiger partial charge in [-0.1, -0.05) is 0 Å². The summed E-state index contributed by atoms with van der Waals surface area (Å²) in [6, 6.07) is 0. The smallest absolute Gasteiger partial charge is 0.200 e. The molecule has 0 aromatic rings. The average molecular weight is 312 g/mol. The van der Waals surface area contributed by atoms with E-state index in [1.807, 2.05) is 7.05 Å². The highest BCUT2D eigenvalue weighted by molar-refractivity contribution is 5.98. The number of nitrogens with two attached hydrogens (primary N) is 1. The topological polar surface area (TPSA) is 130 Å². The van der Waals surface area contributed by atoms with Crippen LogP contribution in [0.4, 0.5) is 0 Å². The van der Waals surface area contributed by atoms with E-state index in [4.69, 9.17) is 11.1 Å². The second-order valence-electron chi connectivity index (χ2n) is 4.33. The van der Waals surface area contributed by atoms with Gasteiger partial charge in [-0.2, -0.15) is 0 Å². The number of likely N-dealkylation sites (N-methyl/N-ethyl adjacent to an activating group) is 1. The molecule has 0 saturated heterocycles. The van der Waals surface area contributed by atoms with Gasteiger partial charge in [0.05, 0.1) is 0 Å². The minimum Gasteiger partial charge on any atom is -0.369 e. The summed E-state index contributed by atoms with van der Waals surface area (Å²) in [7, 11) is 10.2. The molecule has 0 aliphatic heterocycles. The molecule has 6 N–H and O–H groups in total. The molecule has 10 nitrogen and oxygen atoms in total. The second kappa shape index (κ2) is 10.2. The molecule has 0 atom stereocenters. The third-order valence-electron chi connectivity index (χ3n) is 2.91. The number of rotatable bonds is 3. The van der Waals surface area contributed by atoms with E-state index in [-0.39, 0.29) is 5.96 Å². The molecular weight excluding hydrogens is 284 g/mol. The first-order chi connectivity index (χ1) is 10.4. The molecule has 0 radical (unpaired) electrons. The van der Waals surface area contributed by atoms with Crippen LogP contribution in [0.25, 0.3) is 0 Å². The van der Waals surface area contributed by atoms with Crippen molar-refractivity contribution in [2.75, 3.05) is 55.4 Å². The van der Waals surface area contributed by atoms with Gasteiger partial charge >= 0.3 is 0 Å².